The summed E-state index contributed by atoms with van der Waals surface area (Å²) in [4.78, 5) is 37.4. The number of hydrazine groups is 1. The maximum Gasteiger partial charge on any atom is 0.305 e. The van der Waals surface area contributed by atoms with E-state index in [-0.39, 0.29) is 22.8 Å². The molecule has 3 rings (SSSR count). The van der Waals surface area contributed by atoms with Gasteiger partial charge in [0.1, 0.15) is 6.04 Å². The molecule has 3 aromatic rings. The molecule has 0 spiro atoms. The number of carbonyl (C=O) groups is 3. The van der Waals surface area contributed by atoms with Crippen LogP contribution in [0.5, 0.6) is 0 Å². The van der Waals surface area contributed by atoms with Crippen molar-refractivity contribution in [3.63, 3.8) is 0 Å². The number of carbonyl (C=O) groups excluding carboxylic acids is 3. The van der Waals surface area contributed by atoms with Crippen LogP contribution in [0.2, 0.25) is 10.0 Å². The van der Waals surface area contributed by atoms with Crippen molar-refractivity contribution in [3.05, 3.63) is 93.9 Å². The number of benzene rings is 2. The van der Waals surface area contributed by atoms with E-state index < -0.39 is 23.8 Å². The minimum atomic E-state index is -0.983. The van der Waals surface area contributed by atoms with Crippen LogP contribution in [0.3, 0.4) is 0 Å². The molecule has 3 N–H and O–H groups in total. The Morgan fingerprint density at radius 2 is 1.67 bits per heavy atom. The third-order valence-corrected chi connectivity index (χ3v) is 4.67. The van der Waals surface area contributed by atoms with Crippen molar-refractivity contribution in [2.24, 2.45) is 0 Å². The van der Waals surface area contributed by atoms with Gasteiger partial charge in [-0.05, 0) is 35.9 Å². The Labute approximate surface area is 182 Å². The third-order valence-electron chi connectivity index (χ3n) is 4.12. The summed E-state index contributed by atoms with van der Waals surface area (Å²) in [5, 5.41) is 3.19. The summed E-state index contributed by atoms with van der Waals surface area (Å²) in [5.41, 5.74) is 5.55. The van der Waals surface area contributed by atoms with Gasteiger partial charge in [0.25, 0.3) is 11.8 Å². The van der Waals surface area contributed by atoms with E-state index in [2.05, 4.69) is 16.2 Å². The second kappa shape index (κ2) is 9.96. The fourth-order valence-corrected chi connectivity index (χ4v) is 3.14. The Morgan fingerprint density at radius 1 is 0.900 bits per heavy atom. The summed E-state index contributed by atoms with van der Waals surface area (Å²) in [7, 11) is 0. The molecule has 0 aliphatic heterocycles. The molecule has 1 aromatic heterocycles. The van der Waals surface area contributed by atoms with Crippen LogP contribution in [0.15, 0.2) is 71.3 Å². The lowest BCUT2D eigenvalue weighted by molar-refractivity contribution is -0.123. The van der Waals surface area contributed by atoms with E-state index in [0.717, 1.165) is 5.56 Å². The standard InChI is InChI=1S/C21H17Cl2N3O4/c22-14-8-9-15(16(23)12-14)19(27)24-17(11-13-5-2-1-3-6-13)20(28)25-26-21(29)18-7-4-10-30-18/h1-10,12,17H,11H2,(H,24,27)(H,25,28)(H,26,29)/t17-/m0/s1. The summed E-state index contributed by atoms with van der Waals surface area (Å²) in [5.74, 6) is -1.76. The molecule has 0 unspecified atom stereocenters. The van der Waals surface area contributed by atoms with Crippen LogP contribution in [0.1, 0.15) is 26.5 Å². The zero-order chi connectivity index (χ0) is 21.5. The molecular weight excluding hydrogens is 429 g/mol. The Bertz CT molecular complexity index is 1040. The maximum absolute atomic E-state index is 12.7. The molecule has 9 heteroatoms. The second-order valence-corrected chi connectivity index (χ2v) is 7.10. The van der Waals surface area contributed by atoms with Crippen molar-refractivity contribution in [2.45, 2.75) is 12.5 Å². The smallest absolute Gasteiger partial charge is 0.305 e. The average Bonchev–Trinajstić information content (AvgIpc) is 3.27. The molecule has 154 valence electrons. The number of nitrogens with one attached hydrogen (secondary N) is 3. The topological polar surface area (TPSA) is 100 Å². The number of rotatable bonds is 6. The Hall–Kier alpha value is -3.29. The SMILES string of the molecule is O=C(NNC(=O)[C@H](Cc1ccccc1)NC(=O)c1ccc(Cl)cc1Cl)c1ccco1. The lowest BCUT2D eigenvalue weighted by Gasteiger charge is -2.19. The van der Waals surface area contributed by atoms with E-state index in [1.54, 1.807) is 6.07 Å². The molecule has 0 aliphatic rings. The first-order valence-corrected chi connectivity index (χ1v) is 9.63. The van der Waals surface area contributed by atoms with E-state index in [4.69, 9.17) is 27.6 Å². The van der Waals surface area contributed by atoms with Crippen molar-refractivity contribution < 1.29 is 18.8 Å². The first-order valence-electron chi connectivity index (χ1n) is 8.87. The monoisotopic (exact) mass is 445 g/mol. The molecule has 0 radical (unpaired) electrons. The van der Waals surface area contributed by atoms with Crippen LogP contribution >= 0.6 is 23.2 Å². The molecule has 0 fully saturated rings. The summed E-state index contributed by atoms with van der Waals surface area (Å²) in [6.45, 7) is 0. The number of hydrogen-bond donors (Lipinski definition) is 3. The van der Waals surface area contributed by atoms with Crippen molar-refractivity contribution in [1.29, 1.82) is 0 Å². The molecule has 2 aromatic carbocycles. The lowest BCUT2D eigenvalue weighted by Crippen LogP contribution is -2.53. The van der Waals surface area contributed by atoms with Crippen LogP contribution < -0.4 is 16.2 Å². The number of hydrogen-bond acceptors (Lipinski definition) is 4. The molecular formula is C21H17Cl2N3O4. The van der Waals surface area contributed by atoms with Crippen molar-refractivity contribution in [2.75, 3.05) is 0 Å². The van der Waals surface area contributed by atoms with Gasteiger partial charge in [0.05, 0.1) is 16.8 Å². The highest BCUT2D eigenvalue weighted by molar-refractivity contribution is 6.36. The summed E-state index contributed by atoms with van der Waals surface area (Å²) >= 11 is 12.0. The molecule has 1 atom stereocenters. The normalized spacial score (nSPS) is 11.4. The Kier molecular flexibility index (Phi) is 7.11. The minimum Gasteiger partial charge on any atom is -0.459 e. The molecule has 30 heavy (non-hydrogen) atoms. The van der Waals surface area contributed by atoms with Crippen molar-refractivity contribution in [1.82, 2.24) is 16.2 Å². The minimum absolute atomic E-state index is 0.0342. The van der Waals surface area contributed by atoms with Gasteiger partial charge in [0.2, 0.25) is 0 Å². The van der Waals surface area contributed by atoms with Crippen LogP contribution in [0.4, 0.5) is 0 Å². The third kappa shape index (κ3) is 5.62. The van der Waals surface area contributed by atoms with Crippen molar-refractivity contribution >= 4 is 40.9 Å². The summed E-state index contributed by atoms with van der Waals surface area (Å²) in [6, 6.07) is 15.6. The van der Waals surface area contributed by atoms with E-state index in [0.29, 0.717) is 5.02 Å². The van der Waals surface area contributed by atoms with Crippen LogP contribution in [-0.4, -0.2) is 23.8 Å². The first kappa shape index (κ1) is 21.4. The Morgan fingerprint density at radius 3 is 2.33 bits per heavy atom. The zero-order valence-corrected chi connectivity index (χ0v) is 17.0. The lowest BCUT2D eigenvalue weighted by atomic mass is 10.0. The fraction of sp³-hybridized carbons (Fsp3) is 0.0952. The largest absolute Gasteiger partial charge is 0.459 e. The molecule has 0 saturated carbocycles. The van der Waals surface area contributed by atoms with Gasteiger partial charge in [-0.15, -0.1) is 0 Å². The molecule has 0 saturated heterocycles. The number of furan rings is 1. The predicted molar refractivity (Wildman–Crippen MR) is 112 cm³/mol. The highest BCUT2D eigenvalue weighted by atomic mass is 35.5. The molecule has 1 heterocycles. The molecule has 3 amide bonds. The zero-order valence-electron chi connectivity index (χ0n) is 15.5. The van der Waals surface area contributed by atoms with Gasteiger partial charge in [-0.1, -0.05) is 53.5 Å². The van der Waals surface area contributed by atoms with Gasteiger partial charge >= 0.3 is 5.91 Å². The van der Waals surface area contributed by atoms with Crippen LogP contribution in [0, 0.1) is 0 Å². The predicted octanol–water partition coefficient (Wildman–Crippen LogP) is 3.39. The summed E-state index contributed by atoms with van der Waals surface area (Å²) in [6.07, 6.45) is 1.53. The van der Waals surface area contributed by atoms with E-state index in [1.807, 2.05) is 30.3 Å². The van der Waals surface area contributed by atoms with Gasteiger partial charge in [0.15, 0.2) is 5.76 Å². The first-order chi connectivity index (χ1) is 14.4. The van der Waals surface area contributed by atoms with Crippen LogP contribution in [-0.2, 0) is 11.2 Å². The molecule has 0 aliphatic carbocycles. The quantitative estimate of drug-likeness (QED) is 0.506. The van der Waals surface area contributed by atoms with E-state index in [9.17, 15) is 14.4 Å². The maximum atomic E-state index is 12.7. The summed E-state index contributed by atoms with van der Waals surface area (Å²) < 4.78 is 4.97. The number of halogens is 2. The highest BCUT2D eigenvalue weighted by Crippen LogP contribution is 2.21. The fourth-order valence-electron chi connectivity index (χ4n) is 2.64. The van der Waals surface area contributed by atoms with Gasteiger partial charge in [-0.2, -0.15) is 0 Å². The van der Waals surface area contributed by atoms with Gasteiger partial charge in [-0.3, -0.25) is 25.2 Å². The second-order valence-electron chi connectivity index (χ2n) is 6.26. The molecule has 0 bridgehead atoms. The van der Waals surface area contributed by atoms with Gasteiger partial charge in [-0.25, -0.2) is 0 Å². The van der Waals surface area contributed by atoms with Crippen molar-refractivity contribution in [3.8, 4) is 0 Å². The Balaban J connectivity index is 1.73. The average molecular weight is 446 g/mol. The van der Waals surface area contributed by atoms with E-state index in [1.165, 1.54) is 30.5 Å². The highest BCUT2D eigenvalue weighted by Gasteiger charge is 2.24. The van der Waals surface area contributed by atoms with Gasteiger partial charge < -0.3 is 9.73 Å². The van der Waals surface area contributed by atoms with E-state index >= 15 is 0 Å². The molecule has 7 nitrogen and oxygen atoms in total. The van der Waals surface area contributed by atoms with Gasteiger partial charge in [0, 0.05) is 11.4 Å². The number of amides is 3. The van der Waals surface area contributed by atoms with Crippen LogP contribution in [0.25, 0.3) is 0 Å².